The van der Waals surface area contributed by atoms with Crippen molar-refractivity contribution in [1.29, 1.82) is 0 Å². The van der Waals surface area contributed by atoms with Crippen LogP contribution in [0.25, 0.3) is 33.6 Å². The van der Waals surface area contributed by atoms with Crippen LogP contribution in [0.5, 0.6) is 0 Å². The highest BCUT2D eigenvalue weighted by Crippen LogP contribution is 2.35. The van der Waals surface area contributed by atoms with Gasteiger partial charge in [-0.3, -0.25) is 14.6 Å². The molecule has 2 aliphatic heterocycles. The van der Waals surface area contributed by atoms with E-state index in [-0.39, 0.29) is 30.3 Å². The number of aromatic amines is 2. The van der Waals surface area contributed by atoms with Crippen molar-refractivity contribution in [2.75, 3.05) is 27.3 Å². The number of aromatic nitrogens is 5. The fraction of sp³-hybridized carbons (Fsp3) is 0.357. The minimum absolute atomic E-state index is 0.220. The SMILES string of the molecule is COC(=O)N[C@H](C(=O)N1CCCC1c1ncc(-c2ccc(-c3ccc(-c4cnc([C@@H]5CCCN5C(=O)[C@H](Cc5ccncc5)NC(=O)O)[nH]4)cc3)cc2)[nH]1)[C@@H](C)OC. The number of carbonyl (C=O) groups is 4. The average Bonchev–Trinajstić information content (AvgIpc) is 4.09. The molecular weight excluding hydrogens is 743 g/mol. The summed E-state index contributed by atoms with van der Waals surface area (Å²) in [4.78, 5) is 74.5. The normalized spacial score (nSPS) is 18.1. The largest absolute Gasteiger partial charge is 0.465 e. The Bertz CT molecular complexity index is 2210. The number of carboxylic acid groups (broad SMARTS) is 1. The fourth-order valence-corrected chi connectivity index (χ4v) is 7.80. The van der Waals surface area contributed by atoms with Gasteiger partial charge in [0.1, 0.15) is 23.7 Å². The number of nitrogens with one attached hydrogen (secondary N) is 4. The molecule has 58 heavy (non-hydrogen) atoms. The van der Waals surface area contributed by atoms with Crippen molar-refractivity contribution < 1.29 is 33.8 Å². The van der Waals surface area contributed by atoms with Gasteiger partial charge in [-0.1, -0.05) is 48.5 Å². The first-order valence-corrected chi connectivity index (χ1v) is 19.3. The van der Waals surface area contributed by atoms with E-state index in [9.17, 15) is 24.3 Å². The van der Waals surface area contributed by atoms with Crippen LogP contribution >= 0.6 is 0 Å². The third-order valence-electron chi connectivity index (χ3n) is 11.0. The molecule has 5 atom stereocenters. The van der Waals surface area contributed by atoms with Crippen molar-refractivity contribution in [3.8, 4) is 33.6 Å². The molecule has 0 radical (unpaired) electrons. The van der Waals surface area contributed by atoms with Gasteiger partial charge in [0.2, 0.25) is 11.8 Å². The van der Waals surface area contributed by atoms with Crippen LogP contribution in [-0.4, -0.2) is 109 Å². The number of methoxy groups -OCH3 is 2. The number of H-pyrrole nitrogens is 2. The number of carbonyl (C=O) groups excluding carboxylic acids is 3. The zero-order valence-corrected chi connectivity index (χ0v) is 32.6. The minimum Gasteiger partial charge on any atom is -0.465 e. The summed E-state index contributed by atoms with van der Waals surface area (Å²) in [5, 5.41) is 14.5. The summed E-state index contributed by atoms with van der Waals surface area (Å²) < 4.78 is 10.1. The number of nitrogens with zero attached hydrogens (tertiary/aromatic N) is 5. The van der Waals surface area contributed by atoms with Crippen LogP contribution in [0.2, 0.25) is 0 Å². The highest BCUT2D eigenvalue weighted by molar-refractivity contribution is 5.87. The molecule has 2 saturated heterocycles. The molecular formula is C42H47N9O7. The molecule has 0 spiro atoms. The van der Waals surface area contributed by atoms with Crippen molar-refractivity contribution in [2.24, 2.45) is 0 Å². The number of rotatable bonds is 13. The van der Waals surface area contributed by atoms with E-state index in [4.69, 9.17) is 9.47 Å². The molecule has 16 nitrogen and oxygen atoms in total. The molecule has 5 aromatic rings. The molecule has 2 aliphatic rings. The molecule has 2 fully saturated rings. The number of alkyl carbamates (subject to hydrolysis) is 1. The Morgan fingerprint density at radius 1 is 0.759 bits per heavy atom. The summed E-state index contributed by atoms with van der Waals surface area (Å²) in [6.45, 7) is 2.77. The minimum atomic E-state index is -1.25. The average molecular weight is 790 g/mol. The summed E-state index contributed by atoms with van der Waals surface area (Å²) in [7, 11) is 2.75. The number of hydrogen-bond donors (Lipinski definition) is 5. The number of pyridine rings is 1. The smallest absolute Gasteiger partial charge is 0.407 e. The predicted octanol–water partition coefficient (Wildman–Crippen LogP) is 5.49. The van der Waals surface area contributed by atoms with E-state index in [1.807, 2.05) is 48.5 Å². The maximum absolute atomic E-state index is 13.7. The number of likely N-dealkylation sites (tertiary alicyclic amines) is 2. The Morgan fingerprint density at radius 2 is 1.26 bits per heavy atom. The lowest BCUT2D eigenvalue weighted by Crippen LogP contribution is -2.54. The van der Waals surface area contributed by atoms with E-state index >= 15 is 0 Å². The van der Waals surface area contributed by atoms with E-state index in [1.54, 1.807) is 53.6 Å². The Kier molecular flexibility index (Phi) is 12.1. The van der Waals surface area contributed by atoms with E-state index in [1.165, 1.54) is 14.2 Å². The van der Waals surface area contributed by atoms with Gasteiger partial charge in [0, 0.05) is 39.0 Å². The first-order valence-electron chi connectivity index (χ1n) is 19.3. The van der Waals surface area contributed by atoms with Crippen LogP contribution in [0.3, 0.4) is 0 Å². The Hall–Kier alpha value is -6.55. The topological polar surface area (TPSA) is 208 Å². The van der Waals surface area contributed by atoms with Crippen LogP contribution in [0, 0.1) is 0 Å². The van der Waals surface area contributed by atoms with Gasteiger partial charge in [-0.15, -0.1) is 0 Å². The van der Waals surface area contributed by atoms with Crippen LogP contribution < -0.4 is 10.6 Å². The molecule has 2 aromatic carbocycles. The molecule has 302 valence electrons. The van der Waals surface area contributed by atoms with Gasteiger partial charge in [-0.25, -0.2) is 19.6 Å². The molecule has 0 saturated carbocycles. The second-order valence-corrected chi connectivity index (χ2v) is 14.5. The molecule has 7 rings (SSSR count). The van der Waals surface area contributed by atoms with E-state index in [2.05, 4.69) is 35.6 Å². The highest BCUT2D eigenvalue weighted by atomic mass is 16.5. The molecule has 0 bridgehead atoms. The molecule has 4 amide bonds. The van der Waals surface area contributed by atoms with Gasteiger partial charge in [0.15, 0.2) is 0 Å². The van der Waals surface area contributed by atoms with Gasteiger partial charge in [-0.05, 0) is 72.6 Å². The zero-order chi connectivity index (χ0) is 40.8. The Labute approximate surface area is 335 Å². The van der Waals surface area contributed by atoms with Crippen molar-refractivity contribution in [1.82, 2.24) is 45.4 Å². The summed E-state index contributed by atoms with van der Waals surface area (Å²) in [5.74, 6) is 0.799. The predicted molar refractivity (Wildman–Crippen MR) is 213 cm³/mol. The molecule has 16 heteroatoms. The number of ether oxygens (including phenoxy) is 2. The standard InChI is InChI=1S/C42H47N9O7/c1-25(57-2)36(49-42(56)58-3)40(53)51-21-5-7-35(51)38-45-24-33(47-38)30-14-10-28(11-15-30)27-8-12-29(13-9-27)32-23-44-37(46-32)34-6-4-20-50(34)39(52)31(48-41(54)55)22-26-16-18-43-19-17-26/h8-19,23-25,31,34-36,48H,4-7,20-22H2,1-3H3,(H,44,46)(H,45,47)(H,49,56)(H,54,55)/t25-,31+,34+,35?,36+/m1/s1. The third kappa shape index (κ3) is 8.71. The van der Waals surface area contributed by atoms with Crippen molar-refractivity contribution in [3.05, 3.63) is 103 Å². The summed E-state index contributed by atoms with van der Waals surface area (Å²) in [6.07, 6.45) is 7.52. The Morgan fingerprint density at radius 3 is 1.74 bits per heavy atom. The molecule has 5 heterocycles. The zero-order valence-electron chi connectivity index (χ0n) is 32.6. The van der Waals surface area contributed by atoms with Gasteiger partial charge in [0.05, 0.1) is 49.1 Å². The number of hydrogen-bond acceptors (Lipinski definition) is 9. The van der Waals surface area contributed by atoms with E-state index in [0.717, 1.165) is 58.5 Å². The van der Waals surface area contributed by atoms with Crippen molar-refractivity contribution >= 4 is 24.0 Å². The lowest BCUT2D eigenvalue weighted by Gasteiger charge is -2.30. The molecule has 0 aliphatic carbocycles. The van der Waals surface area contributed by atoms with Crippen LogP contribution in [0.15, 0.2) is 85.5 Å². The monoisotopic (exact) mass is 789 g/mol. The first kappa shape index (κ1) is 39.7. The lowest BCUT2D eigenvalue weighted by atomic mass is 10.0. The lowest BCUT2D eigenvalue weighted by molar-refractivity contribution is -0.137. The van der Waals surface area contributed by atoms with Gasteiger partial charge in [0.25, 0.3) is 0 Å². The van der Waals surface area contributed by atoms with E-state index in [0.29, 0.717) is 31.2 Å². The first-order chi connectivity index (χ1) is 28.1. The third-order valence-corrected chi connectivity index (χ3v) is 11.0. The molecule has 3 aromatic heterocycles. The second-order valence-electron chi connectivity index (χ2n) is 14.5. The van der Waals surface area contributed by atoms with Gasteiger partial charge in [-0.2, -0.15) is 0 Å². The summed E-state index contributed by atoms with van der Waals surface area (Å²) in [5.41, 5.74) is 6.39. The number of benzene rings is 2. The van der Waals surface area contributed by atoms with Gasteiger partial charge >= 0.3 is 12.2 Å². The quantitative estimate of drug-likeness (QED) is 0.101. The van der Waals surface area contributed by atoms with Crippen molar-refractivity contribution in [3.63, 3.8) is 0 Å². The second kappa shape index (κ2) is 17.7. The Balaban J connectivity index is 0.999. The maximum atomic E-state index is 13.7. The van der Waals surface area contributed by atoms with Gasteiger partial charge < -0.3 is 45.0 Å². The number of imidazole rings is 2. The number of amides is 4. The molecule has 1 unspecified atom stereocenters. The van der Waals surface area contributed by atoms with Crippen LogP contribution in [0.4, 0.5) is 9.59 Å². The fourth-order valence-electron chi connectivity index (χ4n) is 7.80. The molecule has 5 N–H and O–H groups in total. The highest BCUT2D eigenvalue weighted by Gasteiger charge is 2.39. The van der Waals surface area contributed by atoms with Crippen LogP contribution in [-0.2, 0) is 25.5 Å². The van der Waals surface area contributed by atoms with E-state index < -0.39 is 30.4 Å². The van der Waals surface area contributed by atoms with Crippen LogP contribution in [0.1, 0.15) is 61.9 Å². The maximum Gasteiger partial charge on any atom is 0.407 e. The summed E-state index contributed by atoms with van der Waals surface area (Å²) in [6, 6.07) is 17.4. The van der Waals surface area contributed by atoms with Crippen molar-refractivity contribution in [2.45, 2.75) is 69.3 Å². The summed E-state index contributed by atoms with van der Waals surface area (Å²) >= 11 is 0.